The number of allylic oxidation sites excluding steroid dienone is 1. The number of aliphatic hydroxyl groups is 1. The van der Waals surface area contributed by atoms with E-state index in [1.54, 1.807) is 17.0 Å². The molecule has 1 heterocycles. The molecule has 0 radical (unpaired) electrons. The Morgan fingerprint density at radius 1 is 1.30 bits per heavy atom. The highest BCUT2D eigenvalue weighted by Crippen LogP contribution is 2.20. The predicted octanol–water partition coefficient (Wildman–Crippen LogP) is 3.00. The van der Waals surface area contributed by atoms with E-state index >= 15 is 0 Å². The quantitative estimate of drug-likeness (QED) is 0.694. The minimum absolute atomic E-state index is 0.329. The van der Waals surface area contributed by atoms with E-state index in [9.17, 15) is 14.7 Å². The summed E-state index contributed by atoms with van der Waals surface area (Å²) in [6.07, 6.45) is 3.54. The molecule has 1 fully saturated rings. The summed E-state index contributed by atoms with van der Waals surface area (Å²) >= 11 is 5.95. The van der Waals surface area contributed by atoms with Crippen LogP contribution in [0.1, 0.15) is 38.2 Å². The Morgan fingerprint density at radius 3 is 2.67 bits per heavy atom. The van der Waals surface area contributed by atoms with E-state index in [0.717, 1.165) is 11.3 Å². The molecule has 1 aliphatic heterocycles. The fourth-order valence-corrected chi connectivity index (χ4v) is 3.36. The minimum Gasteiger partial charge on any atom is -0.393 e. The van der Waals surface area contributed by atoms with Gasteiger partial charge in [-0.25, -0.2) is 14.5 Å². The van der Waals surface area contributed by atoms with Crippen LogP contribution in [0.4, 0.5) is 9.59 Å². The molecule has 2 aliphatic rings. The normalized spacial score (nSPS) is 23.1. The lowest BCUT2D eigenvalue weighted by Gasteiger charge is -2.42. The Balaban J connectivity index is 1.80. The fraction of sp³-hybridized carbons (Fsp3) is 0.474. The number of hydrogen-bond acceptors (Lipinski definition) is 4. The summed E-state index contributed by atoms with van der Waals surface area (Å²) in [6, 6.07) is 6.56. The molecule has 1 saturated heterocycles. The summed E-state index contributed by atoms with van der Waals surface area (Å²) in [7, 11) is 0. The summed E-state index contributed by atoms with van der Waals surface area (Å²) in [5.74, 6) is 0. The maximum atomic E-state index is 13.0. The third-order valence-electron chi connectivity index (χ3n) is 4.71. The molecule has 0 aromatic heterocycles. The Bertz CT molecular complexity index is 722. The first-order valence-electron chi connectivity index (χ1n) is 9.24. The minimum atomic E-state index is -0.643. The lowest BCUT2D eigenvalue weighted by Crippen LogP contribution is -2.68. The lowest BCUT2D eigenvalue weighted by molar-refractivity contribution is 0.0876. The van der Waals surface area contributed by atoms with Gasteiger partial charge in [0.2, 0.25) is 0 Å². The predicted molar refractivity (Wildman–Crippen MR) is 103 cm³/mol. The first-order valence-corrected chi connectivity index (χ1v) is 9.62. The van der Waals surface area contributed by atoms with Gasteiger partial charge in [0.05, 0.1) is 12.6 Å². The molecule has 27 heavy (non-hydrogen) atoms. The smallest absolute Gasteiger partial charge is 0.331 e. The second-order valence-electron chi connectivity index (χ2n) is 6.84. The highest BCUT2D eigenvalue weighted by atomic mass is 35.5. The second kappa shape index (κ2) is 8.63. The molecule has 2 unspecified atom stereocenters. The summed E-state index contributed by atoms with van der Waals surface area (Å²) in [4.78, 5) is 28.2. The number of carbonyl (C=O) groups excluding carboxylic acids is 2. The first kappa shape index (κ1) is 19.5. The van der Waals surface area contributed by atoms with Crippen LogP contribution in [0, 0.1) is 0 Å². The maximum absolute atomic E-state index is 13.0. The number of urea groups is 2. The Kier molecular flexibility index (Phi) is 6.23. The monoisotopic (exact) mass is 392 g/mol. The van der Waals surface area contributed by atoms with Gasteiger partial charge in [0.15, 0.2) is 6.29 Å². The van der Waals surface area contributed by atoms with Crippen molar-refractivity contribution in [1.29, 1.82) is 0 Å². The number of halogens is 1. The number of nitrogens with one attached hydrogen (secondary N) is 2. The zero-order valence-corrected chi connectivity index (χ0v) is 16.1. The van der Waals surface area contributed by atoms with Crippen LogP contribution in [0.3, 0.4) is 0 Å². The topological polar surface area (TPSA) is 84.9 Å². The highest BCUT2D eigenvalue weighted by molar-refractivity contribution is 6.30. The molecule has 3 rings (SSSR count). The number of rotatable bonds is 6. The molecule has 0 bridgehead atoms. The summed E-state index contributed by atoms with van der Waals surface area (Å²) in [6.45, 7) is 2.63. The van der Waals surface area contributed by atoms with Crippen LogP contribution in [0.25, 0.3) is 0 Å². The van der Waals surface area contributed by atoms with Crippen molar-refractivity contribution >= 4 is 23.7 Å². The molecule has 3 N–H and O–H groups in total. The maximum Gasteiger partial charge on any atom is 0.331 e. The first-order chi connectivity index (χ1) is 13.0. The average Bonchev–Trinajstić information content (AvgIpc) is 2.65. The summed E-state index contributed by atoms with van der Waals surface area (Å²) < 4.78 is 0. The second-order valence-corrected chi connectivity index (χ2v) is 7.28. The van der Waals surface area contributed by atoms with Gasteiger partial charge in [-0.05, 0) is 43.4 Å². The van der Waals surface area contributed by atoms with Gasteiger partial charge in [-0.3, -0.25) is 10.2 Å². The Labute approximate surface area is 164 Å². The number of nitrogens with zero attached hydrogens (tertiary/aromatic N) is 2. The van der Waals surface area contributed by atoms with Crippen LogP contribution in [0.15, 0.2) is 36.0 Å². The SMILES string of the molecule is CCCN1C(=O)NC(NC2=CCC(O)CC2)N(Cc2ccc(Cl)cc2)C1=O. The molecule has 0 spiro atoms. The van der Waals surface area contributed by atoms with Crippen LogP contribution in [0.5, 0.6) is 0 Å². The van der Waals surface area contributed by atoms with Crippen molar-refractivity contribution in [3.8, 4) is 0 Å². The molecule has 0 saturated carbocycles. The largest absolute Gasteiger partial charge is 0.393 e. The van der Waals surface area contributed by atoms with Crippen molar-refractivity contribution in [3.63, 3.8) is 0 Å². The van der Waals surface area contributed by atoms with E-state index in [1.165, 1.54) is 4.90 Å². The molecular weight excluding hydrogens is 368 g/mol. The van der Waals surface area contributed by atoms with Gasteiger partial charge in [-0.2, -0.15) is 0 Å². The van der Waals surface area contributed by atoms with Crippen LogP contribution in [0.2, 0.25) is 5.02 Å². The third kappa shape index (κ3) is 4.73. The molecule has 7 nitrogen and oxygen atoms in total. The van der Waals surface area contributed by atoms with E-state index in [0.29, 0.717) is 43.8 Å². The van der Waals surface area contributed by atoms with Gasteiger partial charge in [-0.15, -0.1) is 0 Å². The van der Waals surface area contributed by atoms with Crippen LogP contribution in [-0.4, -0.2) is 45.9 Å². The van der Waals surface area contributed by atoms with E-state index in [1.807, 2.05) is 25.1 Å². The van der Waals surface area contributed by atoms with Gasteiger partial charge in [0.25, 0.3) is 0 Å². The molecular formula is C19H25ClN4O3. The number of carbonyl (C=O) groups is 2. The average molecular weight is 393 g/mol. The van der Waals surface area contributed by atoms with E-state index in [-0.39, 0.29) is 12.1 Å². The fourth-order valence-electron chi connectivity index (χ4n) is 3.23. The molecule has 1 aromatic carbocycles. The van der Waals surface area contributed by atoms with Crippen molar-refractivity contribution in [1.82, 2.24) is 20.4 Å². The van der Waals surface area contributed by atoms with Crippen molar-refractivity contribution in [2.75, 3.05) is 6.54 Å². The number of hydrogen-bond donors (Lipinski definition) is 3. The third-order valence-corrected chi connectivity index (χ3v) is 4.96. The van der Waals surface area contributed by atoms with Gasteiger partial charge >= 0.3 is 12.1 Å². The molecule has 8 heteroatoms. The zero-order valence-electron chi connectivity index (χ0n) is 15.3. The van der Waals surface area contributed by atoms with Crippen molar-refractivity contribution in [2.45, 2.75) is 51.5 Å². The molecule has 4 amide bonds. The van der Waals surface area contributed by atoms with E-state index < -0.39 is 12.3 Å². The lowest BCUT2D eigenvalue weighted by atomic mass is 10.0. The zero-order chi connectivity index (χ0) is 19.4. The van der Waals surface area contributed by atoms with Crippen molar-refractivity contribution in [2.24, 2.45) is 0 Å². The van der Waals surface area contributed by atoms with Crippen molar-refractivity contribution in [3.05, 3.63) is 46.6 Å². The van der Waals surface area contributed by atoms with Crippen LogP contribution in [-0.2, 0) is 6.54 Å². The summed E-state index contributed by atoms with van der Waals surface area (Å²) in [5.41, 5.74) is 1.84. The van der Waals surface area contributed by atoms with E-state index in [4.69, 9.17) is 11.6 Å². The van der Waals surface area contributed by atoms with Crippen LogP contribution >= 0.6 is 11.6 Å². The number of benzene rings is 1. The van der Waals surface area contributed by atoms with Gasteiger partial charge < -0.3 is 10.4 Å². The Morgan fingerprint density at radius 2 is 2.04 bits per heavy atom. The Hall–Kier alpha value is -2.25. The molecule has 146 valence electrons. The summed E-state index contributed by atoms with van der Waals surface area (Å²) in [5, 5.41) is 16.4. The highest BCUT2D eigenvalue weighted by Gasteiger charge is 2.38. The van der Waals surface area contributed by atoms with Crippen LogP contribution < -0.4 is 10.6 Å². The molecule has 1 aromatic rings. The number of aliphatic hydroxyl groups excluding tert-OH is 1. The van der Waals surface area contributed by atoms with Crippen molar-refractivity contribution < 1.29 is 14.7 Å². The standard InChI is InChI=1S/C19H25ClN4O3/c1-2-11-23-18(26)22-17(21-15-7-9-16(25)10-8-15)24(19(23)27)12-13-3-5-14(20)6-4-13/h3-7,16-17,21,25H,2,8-12H2,1H3,(H,22,26). The number of amides is 4. The molecule has 1 aliphatic carbocycles. The van der Waals surface area contributed by atoms with Gasteiger partial charge in [0, 0.05) is 17.3 Å². The molecule has 2 atom stereocenters. The van der Waals surface area contributed by atoms with Gasteiger partial charge in [-0.1, -0.05) is 36.7 Å². The van der Waals surface area contributed by atoms with Gasteiger partial charge in [0.1, 0.15) is 0 Å². The number of imide groups is 1. The van der Waals surface area contributed by atoms with E-state index in [2.05, 4.69) is 10.6 Å².